The maximum absolute atomic E-state index is 11.2. The van der Waals surface area contributed by atoms with Crippen LogP contribution in [0.4, 0.5) is 5.69 Å². The van der Waals surface area contributed by atoms with Crippen LogP contribution in [0.25, 0.3) is 6.08 Å². The van der Waals surface area contributed by atoms with Crippen LogP contribution in [0.5, 0.6) is 0 Å². The molecule has 2 aliphatic heterocycles. The Morgan fingerprint density at radius 2 is 2.04 bits per heavy atom. The summed E-state index contributed by atoms with van der Waals surface area (Å²) >= 11 is 0. The first-order valence-electron chi connectivity index (χ1n) is 8.39. The van der Waals surface area contributed by atoms with E-state index in [1.807, 2.05) is 18.2 Å². The molecule has 5 heteroatoms. The van der Waals surface area contributed by atoms with Crippen molar-refractivity contribution in [3.63, 3.8) is 0 Å². The number of carbonyl (C=O) groups excluding carboxylic acids is 1. The zero-order valence-corrected chi connectivity index (χ0v) is 13.4. The molecule has 1 aromatic carbocycles. The summed E-state index contributed by atoms with van der Waals surface area (Å²) in [6, 6.07) is 8.11. The van der Waals surface area contributed by atoms with Crippen molar-refractivity contribution in [1.29, 1.82) is 0 Å². The number of hydrogen-bond acceptors (Lipinski definition) is 4. The highest BCUT2D eigenvalue weighted by Gasteiger charge is 2.35. The summed E-state index contributed by atoms with van der Waals surface area (Å²) in [7, 11) is 0. The Balaban J connectivity index is 1.70. The van der Waals surface area contributed by atoms with Crippen LogP contribution in [0.1, 0.15) is 31.2 Å². The molecule has 2 saturated heterocycles. The topological polar surface area (TPSA) is 64.6 Å². The van der Waals surface area contributed by atoms with E-state index in [0.29, 0.717) is 5.41 Å². The maximum atomic E-state index is 11.2. The summed E-state index contributed by atoms with van der Waals surface area (Å²) < 4.78 is 0. The molecule has 3 rings (SSSR count). The molecule has 3 N–H and O–H groups in total. The van der Waals surface area contributed by atoms with Crippen molar-refractivity contribution in [2.75, 3.05) is 31.1 Å². The third-order valence-electron chi connectivity index (χ3n) is 5.19. The summed E-state index contributed by atoms with van der Waals surface area (Å²) in [5.41, 5.74) is 4.28. The molecule has 0 radical (unpaired) electrons. The molecule has 1 spiro atoms. The second-order valence-electron chi connectivity index (χ2n) is 6.64. The van der Waals surface area contributed by atoms with Crippen LogP contribution in [0.15, 0.2) is 30.3 Å². The van der Waals surface area contributed by atoms with Crippen LogP contribution < -0.4 is 15.7 Å². The molecule has 0 aromatic heterocycles. The van der Waals surface area contributed by atoms with Gasteiger partial charge >= 0.3 is 0 Å². The fourth-order valence-corrected chi connectivity index (χ4v) is 3.80. The number of para-hydroxylation sites is 1. The third kappa shape index (κ3) is 3.74. The second kappa shape index (κ2) is 7.15. The van der Waals surface area contributed by atoms with Gasteiger partial charge in [0.15, 0.2) is 0 Å². The van der Waals surface area contributed by atoms with E-state index in [-0.39, 0.29) is 0 Å². The number of carbonyl (C=O) groups is 1. The van der Waals surface area contributed by atoms with Crippen molar-refractivity contribution < 1.29 is 10.0 Å². The van der Waals surface area contributed by atoms with Gasteiger partial charge in [-0.3, -0.25) is 10.0 Å². The predicted molar refractivity (Wildman–Crippen MR) is 91.4 cm³/mol. The molecule has 2 aliphatic rings. The largest absolute Gasteiger partial charge is 0.371 e. The number of rotatable bonds is 3. The van der Waals surface area contributed by atoms with Gasteiger partial charge < -0.3 is 10.2 Å². The third-order valence-corrected chi connectivity index (χ3v) is 5.19. The summed E-state index contributed by atoms with van der Waals surface area (Å²) in [5.74, 6) is -0.509. The van der Waals surface area contributed by atoms with Crippen molar-refractivity contribution in [3.05, 3.63) is 35.9 Å². The van der Waals surface area contributed by atoms with Crippen molar-refractivity contribution in [3.8, 4) is 0 Å². The van der Waals surface area contributed by atoms with Crippen LogP contribution in [-0.4, -0.2) is 37.3 Å². The first-order valence-corrected chi connectivity index (χ1v) is 8.39. The van der Waals surface area contributed by atoms with E-state index >= 15 is 0 Å². The number of nitrogens with zero attached hydrogens (tertiary/aromatic N) is 1. The van der Waals surface area contributed by atoms with E-state index in [1.54, 1.807) is 11.6 Å². The van der Waals surface area contributed by atoms with Gasteiger partial charge in [0.1, 0.15) is 0 Å². The Kier molecular flexibility index (Phi) is 4.98. The Morgan fingerprint density at radius 1 is 1.26 bits per heavy atom. The maximum Gasteiger partial charge on any atom is 0.267 e. The molecule has 0 saturated carbocycles. The van der Waals surface area contributed by atoms with Crippen LogP contribution in [0.3, 0.4) is 0 Å². The average Bonchev–Trinajstić information content (AvgIpc) is 2.61. The smallest absolute Gasteiger partial charge is 0.267 e. The van der Waals surface area contributed by atoms with Gasteiger partial charge in [-0.2, -0.15) is 0 Å². The average molecular weight is 315 g/mol. The highest BCUT2D eigenvalue weighted by Crippen LogP contribution is 2.39. The summed E-state index contributed by atoms with van der Waals surface area (Å²) in [4.78, 5) is 13.6. The molecule has 23 heavy (non-hydrogen) atoms. The number of hydroxylamine groups is 1. The van der Waals surface area contributed by atoms with E-state index in [9.17, 15) is 4.79 Å². The minimum absolute atomic E-state index is 0.482. The highest BCUT2D eigenvalue weighted by atomic mass is 16.5. The Hall–Kier alpha value is -1.85. The highest BCUT2D eigenvalue weighted by molar-refractivity contribution is 5.91. The summed E-state index contributed by atoms with van der Waals surface area (Å²) in [6.45, 7) is 4.42. The van der Waals surface area contributed by atoms with E-state index in [1.165, 1.54) is 31.8 Å². The minimum Gasteiger partial charge on any atom is -0.371 e. The molecule has 1 amide bonds. The normalized spacial score (nSPS) is 20.8. The van der Waals surface area contributed by atoms with Gasteiger partial charge in [0.25, 0.3) is 5.91 Å². The Labute approximate surface area is 137 Å². The first kappa shape index (κ1) is 16.0. The number of amides is 1. The van der Waals surface area contributed by atoms with Crippen LogP contribution in [-0.2, 0) is 4.79 Å². The lowest BCUT2D eigenvalue weighted by molar-refractivity contribution is -0.124. The van der Waals surface area contributed by atoms with Gasteiger partial charge in [-0.15, -0.1) is 0 Å². The summed E-state index contributed by atoms with van der Waals surface area (Å²) in [6.07, 6.45) is 8.18. The van der Waals surface area contributed by atoms with Crippen LogP contribution in [0.2, 0.25) is 0 Å². The standard InChI is InChI=1S/C18H25N3O2/c22-17(20-23)7-6-15-4-1-2-5-16(15)21-12-9-18(10-13-21)8-3-11-19-14-18/h1-2,4-7,19,23H,3,8-14H2,(H,20,22). The molecule has 0 unspecified atom stereocenters. The molecular weight excluding hydrogens is 290 g/mol. The second-order valence-corrected chi connectivity index (χ2v) is 6.64. The number of anilines is 1. The molecule has 5 nitrogen and oxygen atoms in total. The predicted octanol–water partition coefficient (Wildman–Crippen LogP) is 2.18. The molecule has 1 aromatic rings. The Morgan fingerprint density at radius 3 is 2.74 bits per heavy atom. The monoisotopic (exact) mass is 315 g/mol. The van der Waals surface area contributed by atoms with Crippen molar-refractivity contribution in [2.45, 2.75) is 25.7 Å². The molecule has 0 aliphatic carbocycles. The van der Waals surface area contributed by atoms with Crippen molar-refractivity contribution in [1.82, 2.24) is 10.8 Å². The fourth-order valence-electron chi connectivity index (χ4n) is 3.80. The minimum atomic E-state index is -0.509. The molecule has 2 fully saturated rings. The fraction of sp³-hybridized carbons (Fsp3) is 0.500. The zero-order chi connectivity index (χ0) is 16.1. The molecule has 2 heterocycles. The Bertz CT molecular complexity index is 569. The van der Waals surface area contributed by atoms with Gasteiger partial charge in [0.05, 0.1) is 0 Å². The lowest BCUT2D eigenvalue weighted by Gasteiger charge is -2.45. The van der Waals surface area contributed by atoms with Crippen molar-refractivity contribution in [2.24, 2.45) is 5.41 Å². The number of piperidine rings is 2. The lowest BCUT2D eigenvalue weighted by atomic mass is 9.73. The molecular formula is C18H25N3O2. The van der Waals surface area contributed by atoms with Crippen LogP contribution >= 0.6 is 0 Å². The number of benzene rings is 1. The molecule has 124 valence electrons. The van der Waals surface area contributed by atoms with E-state index in [4.69, 9.17) is 5.21 Å². The number of hydrogen-bond donors (Lipinski definition) is 3. The van der Waals surface area contributed by atoms with E-state index in [2.05, 4.69) is 16.3 Å². The number of nitrogens with one attached hydrogen (secondary N) is 2. The van der Waals surface area contributed by atoms with Crippen LogP contribution in [0, 0.1) is 5.41 Å². The van der Waals surface area contributed by atoms with E-state index in [0.717, 1.165) is 37.4 Å². The van der Waals surface area contributed by atoms with Gasteiger partial charge in [0, 0.05) is 31.4 Å². The lowest BCUT2D eigenvalue weighted by Crippen LogP contribution is -2.48. The van der Waals surface area contributed by atoms with Gasteiger partial charge in [0.2, 0.25) is 0 Å². The van der Waals surface area contributed by atoms with Crippen molar-refractivity contribution >= 4 is 17.7 Å². The SMILES string of the molecule is O=C(C=Cc1ccccc1N1CCC2(CCCNC2)CC1)NO. The zero-order valence-electron chi connectivity index (χ0n) is 13.4. The molecule has 0 bridgehead atoms. The molecule has 0 atom stereocenters. The van der Waals surface area contributed by atoms with Gasteiger partial charge in [-0.1, -0.05) is 18.2 Å². The quantitative estimate of drug-likeness (QED) is 0.454. The van der Waals surface area contributed by atoms with Gasteiger partial charge in [-0.25, -0.2) is 5.48 Å². The van der Waals surface area contributed by atoms with Gasteiger partial charge in [-0.05, 0) is 55.3 Å². The first-order chi connectivity index (χ1) is 11.2. The summed E-state index contributed by atoms with van der Waals surface area (Å²) in [5, 5.41) is 12.2. The van der Waals surface area contributed by atoms with E-state index < -0.39 is 5.91 Å².